The number of hydrogen-bond acceptors (Lipinski definition) is 2. The molecule has 1 nitrogen and oxygen atoms in total. The van der Waals surface area contributed by atoms with Gasteiger partial charge in [-0.2, -0.15) is 0 Å². The first-order chi connectivity index (χ1) is 9.18. The van der Waals surface area contributed by atoms with E-state index in [1.54, 1.807) is 0 Å². The van der Waals surface area contributed by atoms with Crippen molar-refractivity contribution < 1.29 is 0 Å². The summed E-state index contributed by atoms with van der Waals surface area (Å²) in [6, 6.07) is 15.9. The Morgan fingerprint density at radius 2 is 1.79 bits per heavy atom. The highest BCUT2D eigenvalue weighted by Crippen LogP contribution is 2.31. The van der Waals surface area contributed by atoms with Crippen LogP contribution in [0.25, 0.3) is 0 Å². The van der Waals surface area contributed by atoms with Crippen molar-refractivity contribution >= 4 is 11.3 Å². The zero-order chi connectivity index (χ0) is 13.7. The molecule has 0 aliphatic rings. The van der Waals surface area contributed by atoms with Crippen LogP contribution < -0.4 is 0 Å². The molecule has 1 unspecified atom stereocenters. The van der Waals surface area contributed by atoms with Crippen molar-refractivity contribution in [2.75, 3.05) is 13.6 Å². The van der Waals surface area contributed by atoms with Crippen molar-refractivity contribution in [1.29, 1.82) is 0 Å². The maximum atomic E-state index is 2.42. The average molecular weight is 273 g/mol. The van der Waals surface area contributed by atoms with Crippen LogP contribution in [0.2, 0.25) is 0 Å². The van der Waals surface area contributed by atoms with Gasteiger partial charge in [0.25, 0.3) is 0 Å². The van der Waals surface area contributed by atoms with Crippen LogP contribution >= 0.6 is 11.3 Å². The van der Waals surface area contributed by atoms with Gasteiger partial charge < -0.3 is 4.90 Å². The van der Waals surface area contributed by atoms with Crippen molar-refractivity contribution in [3.8, 4) is 0 Å². The maximum Gasteiger partial charge on any atom is 0.0196 e. The third-order valence-corrected chi connectivity index (χ3v) is 4.73. The quantitative estimate of drug-likeness (QED) is 0.743. The molecule has 0 radical (unpaired) electrons. The molecule has 1 aromatic carbocycles. The minimum absolute atomic E-state index is 0.530. The fourth-order valence-electron chi connectivity index (χ4n) is 2.24. The molecule has 0 spiro atoms. The highest BCUT2D eigenvalue weighted by Gasteiger charge is 2.16. The van der Waals surface area contributed by atoms with E-state index in [2.05, 4.69) is 73.6 Å². The molecule has 1 aromatic heterocycles. The van der Waals surface area contributed by atoms with Gasteiger partial charge in [0.2, 0.25) is 0 Å². The first kappa shape index (κ1) is 14.3. The van der Waals surface area contributed by atoms with Gasteiger partial charge in [0.05, 0.1) is 0 Å². The van der Waals surface area contributed by atoms with Gasteiger partial charge >= 0.3 is 0 Å². The SMILES string of the molecule is CC(C)N(C)CCC(c1ccccc1)c1cccs1. The highest BCUT2D eigenvalue weighted by atomic mass is 32.1. The summed E-state index contributed by atoms with van der Waals surface area (Å²) in [5.41, 5.74) is 1.43. The van der Waals surface area contributed by atoms with Crippen molar-refractivity contribution in [3.05, 3.63) is 58.3 Å². The Balaban J connectivity index is 2.12. The lowest BCUT2D eigenvalue weighted by atomic mass is 9.94. The van der Waals surface area contributed by atoms with Gasteiger partial charge in [0.1, 0.15) is 0 Å². The number of nitrogens with zero attached hydrogens (tertiary/aromatic N) is 1. The molecule has 0 saturated heterocycles. The van der Waals surface area contributed by atoms with Crippen molar-refractivity contribution in [2.45, 2.75) is 32.2 Å². The molecule has 1 heterocycles. The molecular weight excluding hydrogens is 250 g/mol. The summed E-state index contributed by atoms with van der Waals surface area (Å²) in [6.07, 6.45) is 1.18. The lowest BCUT2D eigenvalue weighted by Crippen LogP contribution is -2.28. The van der Waals surface area contributed by atoms with Crippen molar-refractivity contribution in [3.63, 3.8) is 0 Å². The van der Waals surface area contributed by atoms with Crippen LogP contribution in [-0.2, 0) is 0 Å². The summed E-state index contributed by atoms with van der Waals surface area (Å²) in [6.45, 7) is 5.64. The van der Waals surface area contributed by atoms with E-state index in [-0.39, 0.29) is 0 Å². The predicted octanol–water partition coefficient (Wildman–Crippen LogP) is 4.61. The van der Waals surface area contributed by atoms with Crippen LogP contribution in [0.3, 0.4) is 0 Å². The largest absolute Gasteiger partial charge is 0.304 e. The Labute approximate surface area is 120 Å². The summed E-state index contributed by atoms with van der Waals surface area (Å²) in [5, 5.41) is 2.18. The number of thiophene rings is 1. The molecule has 0 aliphatic heterocycles. The molecule has 0 aliphatic carbocycles. The summed E-state index contributed by atoms with van der Waals surface area (Å²) >= 11 is 1.87. The second-order valence-corrected chi connectivity index (χ2v) is 6.32. The number of benzene rings is 1. The van der Waals surface area contributed by atoms with Gasteiger partial charge in [-0.25, -0.2) is 0 Å². The molecule has 0 saturated carbocycles. The lowest BCUT2D eigenvalue weighted by molar-refractivity contribution is 0.267. The zero-order valence-electron chi connectivity index (χ0n) is 12.0. The molecule has 0 amide bonds. The molecule has 2 rings (SSSR count). The molecule has 1 atom stereocenters. The Morgan fingerprint density at radius 3 is 2.37 bits per heavy atom. The Hall–Kier alpha value is -1.12. The van der Waals surface area contributed by atoms with Crippen LogP contribution in [0.1, 0.15) is 36.6 Å². The molecule has 2 heteroatoms. The monoisotopic (exact) mass is 273 g/mol. The summed E-state index contributed by atoms with van der Waals surface area (Å²) < 4.78 is 0. The normalized spacial score (nSPS) is 13.1. The second kappa shape index (κ2) is 6.88. The summed E-state index contributed by atoms with van der Waals surface area (Å²) in [5.74, 6) is 0.530. The first-order valence-corrected chi connectivity index (χ1v) is 7.85. The van der Waals surface area contributed by atoms with E-state index in [0.717, 1.165) is 6.54 Å². The van der Waals surface area contributed by atoms with Crippen molar-refractivity contribution in [2.24, 2.45) is 0 Å². The summed E-state index contributed by atoms with van der Waals surface area (Å²) in [4.78, 5) is 3.90. The van der Waals surface area contributed by atoms with Crippen LogP contribution in [0.5, 0.6) is 0 Å². The first-order valence-electron chi connectivity index (χ1n) is 6.97. The molecule has 0 bridgehead atoms. The van der Waals surface area contributed by atoms with E-state index in [0.29, 0.717) is 12.0 Å². The second-order valence-electron chi connectivity index (χ2n) is 5.34. The van der Waals surface area contributed by atoms with E-state index < -0.39 is 0 Å². The van der Waals surface area contributed by atoms with Crippen LogP contribution in [0.4, 0.5) is 0 Å². The van der Waals surface area contributed by atoms with Gasteiger partial charge in [-0.1, -0.05) is 36.4 Å². The van der Waals surface area contributed by atoms with E-state index in [1.165, 1.54) is 16.9 Å². The summed E-state index contributed by atoms with van der Waals surface area (Å²) in [7, 11) is 2.21. The highest BCUT2D eigenvalue weighted by molar-refractivity contribution is 7.10. The fraction of sp³-hybridized carbons (Fsp3) is 0.412. The minimum Gasteiger partial charge on any atom is -0.304 e. The van der Waals surface area contributed by atoms with Crippen LogP contribution in [-0.4, -0.2) is 24.5 Å². The standard InChI is InChI=1S/C17H23NS/c1-14(2)18(3)12-11-16(17-10-7-13-19-17)15-8-5-4-6-9-15/h4-10,13-14,16H,11-12H2,1-3H3. The molecule has 0 N–H and O–H groups in total. The third kappa shape index (κ3) is 3.92. The van der Waals surface area contributed by atoms with Gasteiger partial charge in [-0.05, 0) is 50.9 Å². The maximum absolute atomic E-state index is 2.42. The zero-order valence-corrected chi connectivity index (χ0v) is 12.9. The van der Waals surface area contributed by atoms with Crippen LogP contribution in [0.15, 0.2) is 47.8 Å². The Morgan fingerprint density at radius 1 is 1.05 bits per heavy atom. The fourth-order valence-corrected chi connectivity index (χ4v) is 3.13. The van der Waals surface area contributed by atoms with E-state index >= 15 is 0 Å². The topological polar surface area (TPSA) is 3.24 Å². The van der Waals surface area contributed by atoms with Gasteiger partial charge in [0.15, 0.2) is 0 Å². The smallest absolute Gasteiger partial charge is 0.0196 e. The third-order valence-electron chi connectivity index (χ3n) is 3.74. The average Bonchev–Trinajstić information content (AvgIpc) is 2.94. The van der Waals surface area contributed by atoms with E-state index in [9.17, 15) is 0 Å². The van der Waals surface area contributed by atoms with Gasteiger partial charge in [-0.3, -0.25) is 0 Å². The minimum atomic E-state index is 0.530. The number of rotatable bonds is 6. The lowest BCUT2D eigenvalue weighted by Gasteiger charge is -2.24. The van der Waals surface area contributed by atoms with Gasteiger partial charge in [-0.15, -0.1) is 11.3 Å². The molecule has 19 heavy (non-hydrogen) atoms. The molecule has 102 valence electrons. The van der Waals surface area contributed by atoms with Crippen molar-refractivity contribution in [1.82, 2.24) is 4.90 Å². The van der Waals surface area contributed by atoms with E-state index in [1.807, 2.05) is 11.3 Å². The van der Waals surface area contributed by atoms with Gasteiger partial charge in [0, 0.05) is 16.8 Å². The van der Waals surface area contributed by atoms with E-state index in [4.69, 9.17) is 0 Å². The number of hydrogen-bond donors (Lipinski definition) is 0. The predicted molar refractivity (Wildman–Crippen MR) is 85.0 cm³/mol. The Bertz CT molecular complexity index is 461. The molecular formula is C17H23NS. The molecule has 0 fully saturated rings. The molecule has 2 aromatic rings. The Kier molecular flexibility index (Phi) is 5.17. The van der Waals surface area contributed by atoms with Crippen LogP contribution in [0, 0.1) is 0 Å².